The number of para-hydroxylation sites is 2. The lowest BCUT2D eigenvalue weighted by molar-refractivity contribution is 0.00578. The van der Waals surface area contributed by atoms with Crippen LogP contribution in [0, 0.1) is 13.8 Å². The Labute approximate surface area is 198 Å². The van der Waals surface area contributed by atoms with Gasteiger partial charge in [-0.1, -0.05) is 50.2 Å². The Balaban J connectivity index is 1.65. The average molecular weight is 439 g/mol. The summed E-state index contributed by atoms with van der Waals surface area (Å²) in [6.45, 7) is 17.4. The Bertz CT molecular complexity index is 1160. The van der Waals surface area contributed by atoms with E-state index < -0.39 is 0 Å². The van der Waals surface area contributed by atoms with Crippen LogP contribution in [0.2, 0.25) is 0 Å². The predicted molar refractivity (Wildman–Crippen MR) is 138 cm³/mol. The molecule has 5 rings (SSSR count). The summed E-state index contributed by atoms with van der Waals surface area (Å²) in [6, 6.07) is 22.1. The number of hydrogen-bond acceptors (Lipinski definition) is 3. The molecule has 170 valence electrons. The van der Waals surface area contributed by atoms with Crippen LogP contribution in [0.3, 0.4) is 0 Å². The topological polar surface area (TPSA) is 21.7 Å². The van der Waals surface area contributed by atoms with Gasteiger partial charge in [0.05, 0.1) is 22.6 Å². The quantitative estimate of drug-likeness (QED) is 0.414. The SMILES string of the molecule is Cc1cc(N2c3ccccc3C(C)(C)c3ccccc32)cc(C)c1B1OC(C)(C)C(C)(C)O1. The third kappa shape index (κ3) is 3.26. The maximum absolute atomic E-state index is 6.40. The monoisotopic (exact) mass is 439 g/mol. The van der Waals surface area contributed by atoms with Crippen LogP contribution in [0.1, 0.15) is 63.8 Å². The number of benzene rings is 3. The Kier molecular flexibility index (Phi) is 4.87. The molecular weight excluding hydrogens is 405 g/mol. The molecule has 3 aromatic rings. The van der Waals surface area contributed by atoms with Crippen molar-refractivity contribution in [3.05, 3.63) is 82.9 Å². The van der Waals surface area contributed by atoms with Crippen molar-refractivity contribution in [2.24, 2.45) is 0 Å². The second kappa shape index (κ2) is 7.22. The van der Waals surface area contributed by atoms with Crippen molar-refractivity contribution in [3.63, 3.8) is 0 Å². The lowest BCUT2D eigenvalue weighted by Crippen LogP contribution is -2.41. The highest BCUT2D eigenvalue weighted by molar-refractivity contribution is 6.63. The maximum atomic E-state index is 6.40. The molecule has 0 amide bonds. The van der Waals surface area contributed by atoms with E-state index in [2.05, 4.69) is 121 Å². The van der Waals surface area contributed by atoms with Crippen molar-refractivity contribution < 1.29 is 9.31 Å². The molecule has 0 spiro atoms. The van der Waals surface area contributed by atoms with Gasteiger partial charge in [0.25, 0.3) is 0 Å². The van der Waals surface area contributed by atoms with Gasteiger partial charge in [0.15, 0.2) is 0 Å². The minimum Gasteiger partial charge on any atom is -0.399 e. The summed E-state index contributed by atoms with van der Waals surface area (Å²) in [5.74, 6) is 0. The van der Waals surface area contributed by atoms with E-state index in [1.807, 2.05) is 0 Å². The van der Waals surface area contributed by atoms with Gasteiger partial charge >= 0.3 is 7.12 Å². The second-order valence-electron chi connectivity index (χ2n) is 11.1. The molecule has 1 saturated heterocycles. The second-order valence-corrected chi connectivity index (χ2v) is 11.1. The summed E-state index contributed by atoms with van der Waals surface area (Å²) in [7, 11) is -0.357. The van der Waals surface area contributed by atoms with Crippen molar-refractivity contribution in [1.82, 2.24) is 0 Å². The van der Waals surface area contributed by atoms with Crippen molar-refractivity contribution in [1.29, 1.82) is 0 Å². The van der Waals surface area contributed by atoms with Gasteiger partial charge in [0.2, 0.25) is 0 Å². The van der Waals surface area contributed by atoms with Crippen molar-refractivity contribution in [3.8, 4) is 0 Å². The zero-order valence-electron chi connectivity index (χ0n) is 21.1. The van der Waals surface area contributed by atoms with Crippen LogP contribution in [0.4, 0.5) is 17.1 Å². The van der Waals surface area contributed by atoms with Crippen LogP contribution >= 0.6 is 0 Å². The third-order valence-corrected chi connectivity index (χ3v) is 7.96. The van der Waals surface area contributed by atoms with E-state index in [9.17, 15) is 0 Å². The van der Waals surface area contributed by atoms with E-state index in [0.29, 0.717) is 0 Å². The fourth-order valence-corrected chi connectivity index (χ4v) is 5.36. The number of anilines is 3. The average Bonchev–Trinajstić information content (AvgIpc) is 2.94. The fraction of sp³-hybridized carbons (Fsp3) is 0.379. The van der Waals surface area contributed by atoms with Gasteiger partial charge in [0, 0.05) is 11.1 Å². The van der Waals surface area contributed by atoms with E-state index in [1.165, 1.54) is 39.3 Å². The van der Waals surface area contributed by atoms with Crippen LogP contribution < -0.4 is 10.4 Å². The molecule has 0 unspecified atom stereocenters. The number of nitrogens with zero attached hydrogens (tertiary/aromatic N) is 1. The van der Waals surface area contributed by atoms with Crippen molar-refractivity contribution in [2.75, 3.05) is 4.90 Å². The molecule has 3 aromatic carbocycles. The van der Waals surface area contributed by atoms with E-state index in [1.54, 1.807) is 0 Å². The summed E-state index contributed by atoms with van der Waals surface area (Å²) in [4.78, 5) is 2.41. The van der Waals surface area contributed by atoms with E-state index >= 15 is 0 Å². The summed E-state index contributed by atoms with van der Waals surface area (Å²) < 4.78 is 12.8. The Morgan fingerprint density at radius 2 is 1.09 bits per heavy atom. The lowest BCUT2D eigenvalue weighted by Gasteiger charge is -2.42. The number of fused-ring (bicyclic) bond motifs is 2. The standard InChI is InChI=1S/C29H34BNO2/c1-19-17-21(18-20(2)26(19)30-32-28(5,6)29(7,8)33-30)31-24-15-11-9-13-22(24)27(3,4)23-14-10-12-16-25(23)31/h9-18H,1-8H3. The smallest absolute Gasteiger partial charge is 0.399 e. The molecule has 0 aliphatic carbocycles. The number of rotatable bonds is 2. The molecule has 3 nitrogen and oxygen atoms in total. The molecule has 2 heterocycles. The molecule has 0 aromatic heterocycles. The van der Waals surface area contributed by atoms with Gasteiger partial charge in [-0.05, 0) is 93.5 Å². The molecule has 33 heavy (non-hydrogen) atoms. The molecule has 0 atom stereocenters. The van der Waals surface area contributed by atoms with Crippen LogP contribution in [0.5, 0.6) is 0 Å². The van der Waals surface area contributed by atoms with E-state index in [0.717, 1.165) is 5.46 Å². The molecule has 0 radical (unpaired) electrons. The molecule has 0 N–H and O–H groups in total. The van der Waals surface area contributed by atoms with Crippen molar-refractivity contribution in [2.45, 2.75) is 72.0 Å². The highest BCUT2D eigenvalue weighted by Gasteiger charge is 2.52. The minimum atomic E-state index is -0.357. The Hall–Kier alpha value is -2.56. The Morgan fingerprint density at radius 3 is 1.55 bits per heavy atom. The van der Waals surface area contributed by atoms with Gasteiger partial charge in [-0.25, -0.2) is 0 Å². The zero-order chi connectivity index (χ0) is 23.8. The summed E-state index contributed by atoms with van der Waals surface area (Å²) >= 11 is 0. The first-order chi connectivity index (χ1) is 15.4. The summed E-state index contributed by atoms with van der Waals surface area (Å²) in [5.41, 5.74) is 9.06. The molecule has 2 aliphatic heterocycles. The Morgan fingerprint density at radius 1 is 0.667 bits per heavy atom. The number of hydrogen-bond donors (Lipinski definition) is 0. The number of aryl methyl sites for hydroxylation is 2. The molecule has 1 fully saturated rings. The zero-order valence-corrected chi connectivity index (χ0v) is 21.1. The summed E-state index contributed by atoms with van der Waals surface area (Å²) in [5, 5.41) is 0. The first-order valence-electron chi connectivity index (χ1n) is 11.9. The first-order valence-corrected chi connectivity index (χ1v) is 11.9. The van der Waals surface area contributed by atoms with Crippen LogP contribution in [-0.4, -0.2) is 18.3 Å². The van der Waals surface area contributed by atoms with Gasteiger partial charge < -0.3 is 14.2 Å². The van der Waals surface area contributed by atoms with Crippen LogP contribution in [0.15, 0.2) is 60.7 Å². The third-order valence-electron chi connectivity index (χ3n) is 7.96. The van der Waals surface area contributed by atoms with Crippen LogP contribution in [-0.2, 0) is 14.7 Å². The molecule has 4 heteroatoms. The molecular formula is C29H34BNO2. The lowest BCUT2D eigenvalue weighted by atomic mass is 9.72. The molecule has 2 aliphatic rings. The highest BCUT2D eigenvalue weighted by atomic mass is 16.7. The van der Waals surface area contributed by atoms with Crippen molar-refractivity contribution >= 4 is 29.6 Å². The predicted octanol–water partition coefficient (Wildman–Crippen LogP) is 6.71. The van der Waals surface area contributed by atoms with E-state index in [4.69, 9.17) is 9.31 Å². The first kappa shape index (κ1) is 22.2. The molecule has 0 bridgehead atoms. The summed E-state index contributed by atoms with van der Waals surface area (Å²) in [6.07, 6.45) is 0. The highest BCUT2D eigenvalue weighted by Crippen LogP contribution is 2.51. The van der Waals surface area contributed by atoms with Gasteiger partial charge in [0.1, 0.15) is 0 Å². The molecule has 0 saturated carbocycles. The minimum absolute atomic E-state index is 0.0591. The van der Waals surface area contributed by atoms with Gasteiger partial charge in [-0.3, -0.25) is 0 Å². The fourth-order valence-electron chi connectivity index (χ4n) is 5.36. The van der Waals surface area contributed by atoms with Crippen LogP contribution in [0.25, 0.3) is 0 Å². The maximum Gasteiger partial charge on any atom is 0.495 e. The largest absolute Gasteiger partial charge is 0.495 e. The normalized spacial score (nSPS) is 19.9. The van der Waals surface area contributed by atoms with Gasteiger partial charge in [-0.2, -0.15) is 0 Å². The van der Waals surface area contributed by atoms with Gasteiger partial charge in [-0.15, -0.1) is 0 Å². The van der Waals surface area contributed by atoms with E-state index in [-0.39, 0.29) is 23.7 Å².